The van der Waals surface area contributed by atoms with E-state index in [4.69, 9.17) is 16.3 Å². The molecule has 0 heterocycles. The summed E-state index contributed by atoms with van der Waals surface area (Å²) in [4.78, 5) is 0. The molecule has 0 atom stereocenters. The van der Waals surface area contributed by atoms with Crippen LogP contribution in [0.15, 0.2) is 12.2 Å². The third-order valence-electron chi connectivity index (χ3n) is 2.62. The van der Waals surface area contributed by atoms with Crippen LogP contribution < -0.4 is 0 Å². The van der Waals surface area contributed by atoms with Gasteiger partial charge in [0, 0.05) is 13.0 Å². The van der Waals surface area contributed by atoms with E-state index in [1.807, 2.05) is 6.08 Å². The van der Waals surface area contributed by atoms with E-state index in [1.54, 1.807) is 7.11 Å². The van der Waals surface area contributed by atoms with Crippen LogP contribution in [0.1, 0.15) is 32.1 Å². The molecule has 0 amide bonds. The zero-order chi connectivity index (χ0) is 8.86. The lowest BCUT2D eigenvalue weighted by molar-refractivity contribution is 0.00195. The van der Waals surface area contributed by atoms with Gasteiger partial charge in [-0.15, -0.1) is 11.6 Å². The second kappa shape index (κ2) is 4.88. The Hall–Kier alpha value is -0.0100. The number of ether oxygens (including phenoxy) is 1. The number of methoxy groups -OCH3 is 1. The van der Waals surface area contributed by atoms with E-state index in [0.717, 1.165) is 12.8 Å². The molecule has 0 radical (unpaired) electrons. The fourth-order valence-electron chi connectivity index (χ4n) is 1.85. The third kappa shape index (κ3) is 2.49. The predicted molar refractivity (Wildman–Crippen MR) is 52.7 cm³/mol. The van der Waals surface area contributed by atoms with E-state index < -0.39 is 0 Å². The van der Waals surface area contributed by atoms with Gasteiger partial charge >= 0.3 is 0 Å². The molecule has 0 unspecified atom stereocenters. The number of alkyl halides is 1. The van der Waals surface area contributed by atoms with Crippen LogP contribution in [0.5, 0.6) is 0 Å². The molecule has 0 aromatic rings. The van der Waals surface area contributed by atoms with E-state index in [-0.39, 0.29) is 5.60 Å². The average molecular weight is 189 g/mol. The van der Waals surface area contributed by atoms with Gasteiger partial charge in [0.2, 0.25) is 0 Å². The molecule has 0 aliphatic heterocycles. The van der Waals surface area contributed by atoms with E-state index in [9.17, 15) is 0 Å². The smallest absolute Gasteiger partial charge is 0.0859 e. The minimum atomic E-state index is 0.00708. The SMILES string of the molecule is COC1(/C=C/CCl)CCCCC1. The fraction of sp³-hybridized carbons (Fsp3) is 0.800. The lowest BCUT2D eigenvalue weighted by Crippen LogP contribution is -2.31. The molecule has 1 aliphatic carbocycles. The highest BCUT2D eigenvalue weighted by Gasteiger charge is 2.28. The van der Waals surface area contributed by atoms with Crippen LogP contribution in [0.2, 0.25) is 0 Å². The normalized spacial score (nSPS) is 23.2. The van der Waals surface area contributed by atoms with Crippen LogP contribution in [-0.4, -0.2) is 18.6 Å². The minimum Gasteiger partial charge on any atom is -0.374 e. The molecule has 0 spiro atoms. The largest absolute Gasteiger partial charge is 0.374 e. The molecule has 0 N–H and O–H groups in total. The average Bonchev–Trinajstić information content (AvgIpc) is 2.16. The molecule has 1 nitrogen and oxygen atoms in total. The third-order valence-corrected chi connectivity index (χ3v) is 2.80. The summed E-state index contributed by atoms with van der Waals surface area (Å²) in [7, 11) is 1.80. The monoisotopic (exact) mass is 188 g/mol. The summed E-state index contributed by atoms with van der Waals surface area (Å²) in [6.45, 7) is 0. The molecule has 12 heavy (non-hydrogen) atoms. The van der Waals surface area contributed by atoms with Crippen molar-refractivity contribution in [1.82, 2.24) is 0 Å². The summed E-state index contributed by atoms with van der Waals surface area (Å²) in [5, 5.41) is 0. The highest BCUT2D eigenvalue weighted by molar-refractivity contribution is 6.18. The molecule has 0 bridgehead atoms. The lowest BCUT2D eigenvalue weighted by Gasteiger charge is -2.33. The van der Waals surface area contributed by atoms with Crippen LogP contribution in [0, 0.1) is 0 Å². The molecule has 1 rings (SSSR count). The molecule has 1 fully saturated rings. The summed E-state index contributed by atoms with van der Waals surface area (Å²) >= 11 is 5.60. The van der Waals surface area contributed by atoms with Gasteiger partial charge in [-0.1, -0.05) is 31.4 Å². The van der Waals surface area contributed by atoms with E-state index in [2.05, 4.69) is 6.08 Å². The zero-order valence-corrected chi connectivity index (χ0v) is 8.44. The highest BCUT2D eigenvalue weighted by atomic mass is 35.5. The Kier molecular flexibility index (Phi) is 4.10. The topological polar surface area (TPSA) is 9.23 Å². The van der Waals surface area contributed by atoms with E-state index >= 15 is 0 Å². The Balaban J connectivity index is 2.53. The van der Waals surface area contributed by atoms with Gasteiger partial charge in [-0.3, -0.25) is 0 Å². The predicted octanol–water partition coefficient (Wildman–Crippen LogP) is 3.13. The number of allylic oxidation sites excluding steroid dienone is 1. The maximum Gasteiger partial charge on any atom is 0.0859 e. The van der Waals surface area contributed by atoms with Crippen molar-refractivity contribution in [2.75, 3.05) is 13.0 Å². The van der Waals surface area contributed by atoms with Gasteiger partial charge in [0.25, 0.3) is 0 Å². The molecule has 1 saturated carbocycles. The molecular formula is C10H17ClO. The Bertz CT molecular complexity index is 148. The first-order valence-corrected chi connectivity index (χ1v) is 5.15. The standard InChI is InChI=1S/C10H17ClO/c1-12-10(8-5-9-11)6-3-2-4-7-10/h5,8H,2-4,6-7,9H2,1H3/b8-5+. The Morgan fingerprint density at radius 1 is 1.33 bits per heavy atom. The van der Waals surface area contributed by atoms with Gasteiger partial charge in [-0.25, -0.2) is 0 Å². The van der Waals surface area contributed by atoms with E-state index in [1.165, 1.54) is 19.3 Å². The molecule has 0 aromatic heterocycles. The quantitative estimate of drug-likeness (QED) is 0.489. The number of halogens is 1. The van der Waals surface area contributed by atoms with Crippen molar-refractivity contribution in [2.45, 2.75) is 37.7 Å². The van der Waals surface area contributed by atoms with Gasteiger partial charge in [-0.05, 0) is 12.8 Å². The first kappa shape index (κ1) is 10.1. The molecule has 0 saturated heterocycles. The van der Waals surface area contributed by atoms with Crippen molar-refractivity contribution in [3.63, 3.8) is 0 Å². The Morgan fingerprint density at radius 3 is 2.50 bits per heavy atom. The first-order chi connectivity index (χ1) is 5.83. The zero-order valence-electron chi connectivity index (χ0n) is 7.68. The number of hydrogen-bond acceptors (Lipinski definition) is 1. The molecule has 2 heteroatoms. The van der Waals surface area contributed by atoms with Crippen molar-refractivity contribution in [3.05, 3.63) is 12.2 Å². The summed E-state index contributed by atoms with van der Waals surface area (Å²) in [6, 6.07) is 0. The molecular weight excluding hydrogens is 172 g/mol. The number of hydrogen-bond donors (Lipinski definition) is 0. The molecule has 1 aliphatic rings. The van der Waals surface area contributed by atoms with Crippen molar-refractivity contribution in [2.24, 2.45) is 0 Å². The number of rotatable bonds is 3. The van der Waals surface area contributed by atoms with Gasteiger partial charge in [0.05, 0.1) is 5.60 Å². The van der Waals surface area contributed by atoms with Crippen LogP contribution in [0.4, 0.5) is 0 Å². The van der Waals surface area contributed by atoms with Gasteiger partial charge < -0.3 is 4.74 Å². The molecule has 0 aromatic carbocycles. The van der Waals surface area contributed by atoms with Crippen molar-refractivity contribution in [1.29, 1.82) is 0 Å². The first-order valence-electron chi connectivity index (χ1n) is 4.62. The maximum atomic E-state index is 5.60. The Morgan fingerprint density at radius 2 is 2.00 bits per heavy atom. The van der Waals surface area contributed by atoms with Gasteiger partial charge in [0.15, 0.2) is 0 Å². The van der Waals surface area contributed by atoms with Crippen LogP contribution in [-0.2, 0) is 4.74 Å². The molecule has 70 valence electrons. The van der Waals surface area contributed by atoms with Gasteiger partial charge in [-0.2, -0.15) is 0 Å². The summed E-state index contributed by atoms with van der Waals surface area (Å²) in [5.74, 6) is 0.588. The van der Waals surface area contributed by atoms with E-state index in [0.29, 0.717) is 5.88 Å². The van der Waals surface area contributed by atoms with Gasteiger partial charge in [0.1, 0.15) is 0 Å². The van der Waals surface area contributed by atoms with Crippen LogP contribution >= 0.6 is 11.6 Å². The second-order valence-corrected chi connectivity index (χ2v) is 3.69. The van der Waals surface area contributed by atoms with Crippen molar-refractivity contribution >= 4 is 11.6 Å². The highest BCUT2D eigenvalue weighted by Crippen LogP contribution is 2.32. The summed E-state index contributed by atoms with van der Waals surface area (Å²) in [5.41, 5.74) is 0.00708. The minimum absolute atomic E-state index is 0.00708. The van der Waals surface area contributed by atoms with Crippen LogP contribution in [0.25, 0.3) is 0 Å². The Labute approximate surface area is 79.7 Å². The van der Waals surface area contributed by atoms with Crippen molar-refractivity contribution in [3.8, 4) is 0 Å². The maximum absolute atomic E-state index is 5.60. The lowest BCUT2D eigenvalue weighted by atomic mass is 9.84. The van der Waals surface area contributed by atoms with Crippen LogP contribution in [0.3, 0.4) is 0 Å². The fourth-order valence-corrected chi connectivity index (χ4v) is 1.94. The summed E-state index contributed by atoms with van der Waals surface area (Å²) < 4.78 is 5.54. The van der Waals surface area contributed by atoms with Crippen molar-refractivity contribution < 1.29 is 4.74 Å². The second-order valence-electron chi connectivity index (χ2n) is 3.39. The summed E-state index contributed by atoms with van der Waals surface area (Å²) in [6.07, 6.45) is 10.3.